The quantitative estimate of drug-likeness (QED) is 0.186. The molecule has 1 aromatic carbocycles. The molecule has 0 radical (unpaired) electrons. The van der Waals surface area contributed by atoms with Gasteiger partial charge in [-0.15, -0.1) is 0 Å². The summed E-state index contributed by atoms with van der Waals surface area (Å²) in [6.45, 7) is 27.5. The van der Waals surface area contributed by atoms with Crippen molar-refractivity contribution >= 4 is 28.2 Å². The number of hydrogen-bond donors (Lipinski definition) is 3. The van der Waals surface area contributed by atoms with Crippen molar-refractivity contribution in [2.75, 3.05) is 19.5 Å². The zero-order valence-corrected chi connectivity index (χ0v) is 35.0. The van der Waals surface area contributed by atoms with Crippen LogP contribution in [0.3, 0.4) is 0 Å². The van der Waals surface area contributed by atoms with E-state index < -0.39 is 16.6 Å². The average molecular weight is 700 g/mol. The molecule has 1 aromatic rings. The van der Waals surface area contributed by atoms with Crippen molar-refractivity contribution in [2.24, 2.45) is 23.7 Å². The minimum absolute atomic E-state index is 0.0371. The van der Waals surface area contributed by atoms with E-state index in [2.05, 4.69) is 85.0 Å². The number of amides is 1. The third-order valence-electron chi connectivity index (χ3n) is 11.5. The number of benzene rings is 1. The van der Waals surface area contributed by atoms with Gasteiger partial charge >= 0.3 is 0 Å². The number of hydrogen-bond acceptors (Lipinski definition) is 5. The number of rotatable bonds is 8. The number of allylic oxidation sites excluding steroid dienone is 2. The summed E-state index contributed by atoms with van der Waals surface area (Å²) in [6, 6.07) is 6.44. The van der Waals surface area contributed by atoms with E-state index in [1.54, 1.807) is 7.11 Å². The van der Waals surface area contributed by atoms with Crippen LogP contribution in [0.1, 0.15) is 86.3 Å². The van der Waals surface area contributed by atoms with Gasteiger partial charge in [0.05, 0.1) is 12.2 Å². The molecular formula is C40H69NO5Si2. The molecule has 1 amide bonds. The Morgan fingerprint density at radius 2 is 1.52 bits per heavy atom. The first kappa shape index (κ1) is 42.4. The van der Waals surface area contributed by atoms with Crippen molar-refractivity contribution in [2.45, 2.75) is 136 Å². The lowest BCUT2D eigenvalue weighted by molar-refractivity contribution is -0.112. The highest BCUT2D eigenvalue weighted by molar-refractivity contribution is 6.73. The average Bonchev–Trinajstić information content (AvgIpc) is 2.92. The molecular weight excluding hydrogens is 631 g/mol. The summed E-state index contributed by atoms with van der Waals surface area (Å²) in [5, 5.41) is 2.69. The van der Waals surface area contributed by atoms with Crippen LogP contribution in [0, 0.1) is 23.7 Å². The van der Waals surface area contributed by atoms with Gasteiger partial charge in [-0.1, -0.05) is 84.4 Å². The highest BCUT2D eigenvalue weighted by Gasteiger charge is 2.42. The van der Waals surface area contributed by atoms with E-state index in [0.29, 0.717) is 17.4 Å². The van der Waals surface area contributed by atoms with E-state index in [1.165, 1.54) is 11.1 Å². The summed E-state index contributed by atoms with van der Waals surface area (Å²) < 4.78 is 12.3. The van der Waals surface area contributed by atoms with E-state index in [0.717, 1.165) is 36.9 Å². The standard InChI is InChI=1S/C40H69NO5Si2/c1-27-19-30(4)37(46-11)31(5)21-29(3)35(26-40(8,9)48(14,15)44)36(45-10)18-16-17-28(2)38(42)41-34-23-32(20-27)22-33(24-34)25-39(6,7)47(12,13)43/h16-18,21-24,27,30-31,35-37,43-44H,19-20,25-26H2,1-15H3,(H,41,42)/b18-16+,28-17+,29-21+/t27-,30-,31-,35-,36-,37-/m0/s1. The fourth-order valence-electron chi connectivity index (χ4n) is 6.96. The Morgan fingerprint density at radius 3 is 2.06 bits per heavy atom. The Hall–Kier alpha value is -1.82. The molecule has 272 valence electrons. The summed E-state index contributed by atoms with van der Waals surface area (Å²) in [4.78, 5) is 35.7. The molecule has 0 aromatic heterocycles. The van der Waals surface area contributed by atoms with Crippen molar-refractivity contribution in [3.05, 3.63) is 64.8 Å². The zero-order chi connectivity index (χ0) is 36.8. The van der Waals surface area contributed by atoms with Crippen LogP contribution in [0.15, 0.2) is 53.6 Å². The van der Waals surface area contributed by atoms with Gasteiger partial charge in [0.25, 0.3) is 5.91 Å². The highest BCUT2D eigenvalue weighted by Crippen LogP contribution is 2.45. The van der Waals surface area contributed by atoms with Gasteiger partial charge in [-0.2, -0.15) is 0 Å². The van der Waals surface area contributed by atoms with Crippen LogP contribution in [0.25, 0.3) is 0 Å². The van der Waals surface area contributed by atoms with E-state index in [4.69, 9.17) is 9.47 Å². The van der Waals surface area contributed by atoms with Crippen molar-refractivity contribution in [3.63, 3.8) is 0 Å². The van der Waals surface area contributed by atoms with Crippen LogP contribution >= 0.6 is 0 Å². The molecule has 6 atom stereocenters. The normalized spacial score (nSPS) is 29.0. The molecule has 8 heteroatoms. The first-order valence-corrected chi connectivity index (χ1v) is 23.8. The molecule has 0 saturated heterocycles. The van der Waals surface area contributed by atoms with Crippen LogP contribution in [0.2, 0.25) is 36.3 Å². The third kappa shape index (κ3) is 11.6. The number of anilines is 1. The summed E-state index contributed by atoms with van der Waals surface area (Å²) in [6.07, 6.45) is 11.4. The maximum Gasteiger partial charge on any atom is 0.251 e. The van der Waals surface area contributed by atoms with Crippen LogP contribution in [0.5, 0.6) is 0 Å². The lowest BCUT2D eigenvalue weighted by atomic mass is 9.80. The van der Waals surface area contributed by atoms with Gasteiger partial charge in [-0.05, 0) is 111 Å². The summed E-state index contributed by atoms with van der Waals surface area (Å²) in [5.74, 6) is 0.776. The molecule has 48 heavy (non-hydrogen) atoms. The Bertz CT molecular complexity index is 1320. The molecule has 1 aliphatic heterocycles. The fraction of sp³-hybridized carbons (Fsp3) is 0.675. The van der Waals surface area contributed by atoms with Crippen molar-refractivity contribution < 1.29 is 23.9 Å². The minimum atomic E-state index is -2.49. The molecule has 0 unspecified atom stereocenters. The molecule has 0 saturated carbocycles. The van der Waals surface area contributed by atoms with Crippen LogP contribution in [-0.2, 0) is 27.1 Å². The second-order valence-corrected chi connectivity index (χ2v) is 26.2. The molecule has 0 fully saturated rings. The third-order valence-corrected chi connectivity index (χ3v) is 18.5. The first-order valence-electron chi connectivity index (χ1n) is 17.9. The number of carbonyl (C=O) groups excluding carboxylic acids is 1. The second kappa shape index (κ2) is 16.9. The fourth-order valence-corrected chi connectivity index (χ4v) is 8.32. The molecule has 6 nitrogen and oxygen atoms in total. The predicted molar refractivity (Wildman–Crippen MR) is 208 cm³/mol. The molecule has 0 spiro atoms. The molecule has 2 bridgehead atoms. The molecule has 1 aliphatic rings. The number of nitrogens with one attached hydrogen (secondary N) is 1. The van der Waals surface area contributed by atoms with Crippen LogP contribution in [-0.4, -0.2) is 58.6 Å². The lowest BCUT2D eigenvalue weighted by Gasteiger charge is -2.40. The van der Waals surface area contributed by atoms with Crippen molar-refractivity contribution in [1.82, 2.24) is 0 Å². The number of ether oxygens (including phenoxy) is 2. The smallest absolute Gasteiger partial charge is 0.251 e. The van der Waals surface area contributed by atoms with Gasteiger partial charge < -0.3 is 24.4 Å². The second-order valence-electron chi connectivity index (χ2n) is 17.3. The van der Waals surface area contributed by atoms with Crippen molar-refractivity contribution in [3.8, 4) is 0 Å². The highest BCUT2D eigenvalue weighted by atomic mass is 28.4. The van der Waals surface area contributed by atoms with Crippen LogP contribution < -0.4 is 5.32 Å². The largest absolute Gasteiger partial charge is 0.432 e. The van der Waals surface area contributed by atoms with E-state index >= 15 is 0 Å². The summed E-state index contributed by atoms with van der Waals surface area (Å²) in [5.41, 5.74) is 4.93. The van der Waals surface area contributed by atoms with Gasteiger partial charge in [-0.25, -0.2) is 0 Å². The molecule has 2 rings (SSSR count). The summed E-state index contributed by atoms with van der Waals surface area (Å²) >= 11 is 0. The molecule has 1 heterocycles. The number of carbonyl (C=O) groups is 1. The predicted octanol–water partition coefficient (Wildman–Crippen LogP) is 9.46. The maximum absolute atomic E-state index is 13.5. The van der Waals surface area contributed by atoms with E-state index in [1.807, 2.05) is 58.4 Å². The van der Waals surface area contributed by atoms with E-state index in [-0.39, 0.29) is 40.0 Å². The lowest BCUT2D eigenvalue weighted by Crippen LogP contribution is -2.42. The molecule has 3 N–H and O–H groups in total. The SMILES string of the molecule is CO[C@@H]1[C@@H](C)/C=C(\C)[C@H](CC(C)(C)[Si](C)(C)O)[C@@H](OC)/C=C/C=C(\C)C(=O)Nc2cc(cc(CC(C)(C)[Si](C)(C)O)c2)C[C@@H](C)C[C@@H]1C. The van der Waals surface area contributed by atoms with Gasteiger partial charge in [0.15, 0.2) is 16.6 Å². The van der Waals surface area contributed by atoms with Gasteiger partial charge in [0, 0.05) is 37.3 Å². The topological polar surface area (TPSA) is 88.0 Å². The Morgan fingerprint density at radius 1 is 0.917 bits per heavy atom. The molecule has 0 aliphatic carbocycles. The zero-order valence-electron chi connectivity index (χ0n) is 33.0. The minimum Gasteiger partial charge on any atom is -0.432 e. The maximum atomic E-state index is 13.5. The van der Waals surface area contributed by atoms with Crippen LogP contribution in [0.4, 0.5) is 5.69 Å². The number of fused-ring (bicyclic) bond motifs is 2. The Labute approximate surface area is 295 Å². The monoisotopic (exact) mass is 699 g/mol. The van der Waals surface area contributed by atoms with Crippen molar-refractivity contribution in [1.29, 1.82) is 0 Å². The Kier molecular flexibility index (Phi) is 14.9. The Balaban J connectivity index is 2.67. The van der Waals surface area contributed by atoms with Gasteiger partial charge in [-0.3, -0.25) is 4.79 Å². The first-order chi connectivity index (χ1) is 21.9. The number of methoxy groups -OCH3 is 2. The van der Waals surface area contributed by atoms with Gasteiger partial charge in [0.1, 0.15) is 0 Å². The van der Waals surface area contributed by atoms with E-state index in [9.17, 15) is 14.4 Å². The van der Waals surface area contributed by atoms with Gasteiger partial charge in [0.2, 0.25) is 0 Å². The summed E-state index contributed by atoms with van der Waals surface area (Å²) in [7, 11) is -1.37.